The van der Waals surface area contributed by atoms with E-state index in [1.165, 1.54) is 21.4 Å². The second-order valence-corrected chi connectivity index (χ2v) is 6.05. The van der Waals surface area contributed by atoms with E-state index in [0.29, 0.717) is 15.9 Å². The minimum atomic E-state index is -0.432. The van der Waals surface area contributed by atoms with Gasteiger partial charge in [0.15, 0.2) is 5.82 Å². The zero-order chi connectivity index (χ0) is 15.1. The summed E-state index contributed by atoms with van der Waals surface area (Å²) in [6.45, 7) is 4.28. The van der Waals surface area contributed by atoms with E-state index in [1.807, 2.05) is 12.1 Å². The Bertz CT molecular complexity index is 863. The summed E-state index contributed by atoms with van der Waals surface area (Å²) in [6.07, 6.45) is 0. The van der Waals surface area contributed by atoms with Gasteiger partial charge in [0.2, 0.25) is 4.96 Å². The number of anilines is 2. The number of nitrogen functional groups attached to an aromatic ring is 2. The van der Waals surface area contributed by atoms with Crippen LogP contribution in [0.15, 0.2) is 29.1 Å². The minimum absolute atomic E-state index is 0.0466. The van der Waals surface area contributed by atoms with Crippen LogP contribution in [0.25, 0.3) is 15.5 Å². The molecule has 2 heterocycles. The summed E-state index contributed by atoms with van der Waals surface area (Å²) in [5.74, 6) is 0.517. The lowest BCUT2D eigenvalue weighted by Gasteiger charge is -2.04. The Hall–Kier alpha value is -2.41. The molecule has 0 amide bonds. The number of hydrogen-bond acceptors (Lipinski definition) is 6. The van der Waals surface area contributed by atoms with Gasteiger partial charge in [0.05, 0.1) is 0 Å². The van der Waals surface area contributed by atoms with Crippen molar-refractivity contribution in [3.05, 3.63) is 40.2 Å². The molecule has 108 valence electrons. The lowest BCUT2D eigenvalue weighted by molar-refractivity contribution is 0.866. The standard InChI is InChI=1S/C14H15N5OS/c1-7(2)8-3-5-9(6-4-8)12-18-19-13(20)10(15)11(16)17-14(19)21-12/h3-7H,15-16H2,1-2H3. The van der Waals surface area contributed by atoms with E-state index in [1.54, 1.807) is 0 Å². The van der Waals surface area contributed by atoms with Crippen molar-refractivity contribution < 1.29 is 0 Å². The molecule has 0 atom stereocenters. The minimum Gasteiger partial charge on any atom is -0.391 e. The first-order chi connectivity index (χ1) is 9.97. The third-order valence-electron chi connectivity index (χ3n) is 3.30. The normalized spacial score (nSPS) is 11.4. The molecule has 3 rings (SSSR count). The molecule has 2 aromatic heterocycles. The molecule has 0 aliphatic rings. The lowest BCUT2D eigenvalue weighted by atomic mass is 10.0. The maximum atomic E-state index is 12.0. The molecule has 6 nitrogen and oxygen atoms in total. The molecule has 0 aliphatic carbocycles. The van der Waals surface area contributed by atoms with Crippen molar-refractivity contribution in [1.82, 2.24) is 14.6 Å². The van der Waals surface area contributed by atoms with E-state index < -0.39 is 5.56 Å². The Morgan fingerprint density at radius 3 is 2.48 bits per heavy atom. The molecule has 4 N–H and O–H groups in total. The molecular formula is C14H15N5OS. The molecule has 0 unspecified atom stereocenters. The summed E-state index contributed by atoms with van der Waals surface area (Å²) in [7, 11) is 0. The Balaban J connectivity index is 2.13. The van der Waals surface area contributed by atoms with Gasteiger partial charge in [0, 0.05) is 5.56 Å². The maximum absolute atomic E-state index is 12.0. The number of nitrogens with two attached hydrogens (primary N) is 2. The number of hydrogen-bond donors (Lipinski definition) is 2. The second kappa shape index (κ2) is 4.85. The van der Waals surface area contributed by atoms with Crippen LogP contribution in [0.1, 0.15) is 25.3 Å². The second-order valence-electron chi connectivity index (χ2n) is 5.09. The average molecular weight is 301 g/mol. The molecule has 0 spiro atoms. The maximum Gasteiger partial charge on any atom is 0.300 e. The molecule has 1 aromatic carbocycles. The fourth-order valence-electron chi connectivity index (χ4n) is 2.00. The van der Waals surface area contributed by atoms with Crippen LogP contribution in [0, 0.1) is 0 Å². The Morgan fingerprint density at radius 2 is 1.86 bits per heavy atom. The van der Waals surface area contributed by atoms with Crippen LogP contribution >= 0.6 is 11.3 Å². The summed E-state index contributed by atoms with van der Waals surface area (Å²) in [5.41, 5.74) is 12.9. The summed E-state index contributed by atoms with van der Waals surface area (Å²) < 4.78 is 1.20. The summed E-state index contributed by atoms with van der Waals surface area (Å²) >= 11 is 1.31. The Kier molecular flexibility index (Phi) is 3.13. The van der Waals surface area contributed by atoms with Gasteiger partial charge in [-0.25, -0.2) is 0 Å². The summed E-state index contributed by atoms with van der Waals surface area (Å²) in [4.78, 5) is 16.5. The molecule has 0 saturated heterocycles. The molecule has 0 radical (unpaired) electrons. The van der Waals surface area contributed by atoms with Gasteiger partial charge in [-0.15, -0.1) is 0 Å². The smallest absolute Gasteiger partial charge is 0.300 e. The van der Waals surface area contributed by atoms with Crippen LogP contribution in [0.5, 0.6) is 0 Å². The van der Waals surface area contributed by atoms with E-state index in [0.717, 1.165) is 5.56 Å². The number of aromatic nitrogens is 3. The van der Waals surface area contributed by atoms with E-state index in [9.17, 15) is 4.79 Å². The van der Waals surface area contributed by atoms with Crippen molar-refractivity contribution in [2.75, 3.05) is 11.5 Å². The van der Waals surface area contributed by atoms with Gasteiger partial charge in [-0.3, -0.25) is 4.79 Å². The van der Waals surface area contributed by atoms with Crippen LogP contribution in [0.3, 0.4) is 0 Å². The van der Waals surface area contributed by atoms with E-state index in [2.05, 4.69) is 36.1 Å². The topological polar surface area (TPSA) is 99.3 Å². The Morgan fingerprint density at radius 1 is 1.19 bits per heavy atom. The van der Waals surface area contributed by atoms with Crippen molar-refractivity contribution in [1.29, 1.82) is 0 Å². The lowest BCUT2D eigenvalue weighted by Crippen LogP contribution is -2.20. The molecule has 0 fully saturated rings. The largest absolute Gasteiger partial charge is 0.391 e. The predicted molar refractivity (Wildman–Crippen MR) is 85.5 cm³/mol. The van der Waals surface area contributed by atoms with Crippen LogP contribution < -0.4 is 17.0 Å². The average Bonchev–Trinajstić information content (AvgIpc) is 2.89. The van der Waals surface area contributed by atoms with Gasteiger partial charge >= 0.3 is 5.56 Å². The molecule has 7 heteroatoms. The quantitative estimate of drug-likeness (QED) is 0.755. The van der Waals surface area contributed by atoms with Crippen LogP contribution in [0.4, 0.5) is 11.5 Å². The molecule has 0 bridgehead atoms. The molecule has 0 aliphatic heterocycles. The van der Waals surface area contributed by atoms with Crippen molar-refractivity contribution in [3.63, 3.8) is 0 Å². The fourth-order valence-corrected chi connectivity index (χ4v) is 2.90. The van der Waals surface area contributed by atoms with Crippen molar-refractivity contribution in [3.8, 4) is 10.6 Å². The first-order valence-electron chi connectivity index (χ1n) is 6.52. The molecule has 3 aromatic rings. The number of nitrogens with zero attached hydrogens (tertiary/aromatic N) is 3. The highest BCUT2D eigenvalue weighted by Crippen LogP contribution is 2.26. The van der Waals surface area contributed by atoms with E-state index in [4.69, 9.17) is 11.5 Å². The molecule has 21 heavy (non-hydrogen) atoms. The molecular weight excluding hydrogens is 286 g/mol. The van der Waals surface area contributed by atoms with Gasteiger partial charge in [0.1, 0.15) is 10.7 Å². The monoisotopic (exact) mass is 301 g/mol. The third kappa shape index (κ3) is 2.25. The predicted octanol–water partition coefficient (Wildman–Crippen LogP) is 2.11. The van der Waals surface area contributed by atoms with E-state index >= 15 is 0 Å². The van der Waals surface area contributed by atoms with Gasteiger partial charge in [0.25, 0.3) is 0 Å². The van der Waals surface area contributed by atoms with Gasteiger partial charge in [-0.2, -0.15) is 14.6 Å². The van der Waals surface area contributed by atoms with Crippen LogP contribution in [-0.2, 0) is 0 Å². The first kappa shape index (κ1) is 13.6. The van der Waals surface area contributed by atoms with Gasteiger partial charge < -0.3 is 11.5 Å². The zero-order valence-corrected chi connectivity index (χ0v) is 12.5. The number of benzene rings is 1. The summed E-state index contributed by atoms with van der Waals surface area (Å²) in [5, 5.41) is 4.99. The van der Waals surface area contributed by atoms with E-state index in [-0.39, 0.29) is 11.5 Å². The summed E-state index contributed by atoms with van der Waals surface area (Å²) in [6, 6.07) is 8.10. The van der Waals surface area contributed by atoms with Crippen LogP contribution in [0.2, 0.25) is 0 Å². The van der Waals surface area contributed by atoms with Crippen molar-refractivity contribution >= 4 is 27.8 Å². The van der Waals surface area contributed by atoms with Crippen LogP contribution in [-0.4, -0.2) is 14.6 Å². The first-order valence-corrected chi connectivity index (χ1v) is 7.34. The highest BCUT2D eigenvalue weighted by Gasteiger charge is 2.13. The van der Waals surface area contributed by atoms with Gasteiger partial charge in [-0.05, 0) is 11.5 Å². The Labute approximate surface area is 125 Å². The zero-order valence-electron chi connectivity index (χ0n) is 11.7. The van der Waals surface area contributed by atoms with Gasteiger partial charge in [-0.1, -0.05) is 49.4 Å². The highest BCUT2D eigenvalue weighted by molar-refractivity contribution is 7.19. The third-order valence-corrected chi connectivity index (χ3v) is 4.26. The SMILES string of the molecule is CC(C)c1ccc(-c2nn3c(=O)c(N)c(N)nc3s2)cc1. The number of fused-ring (bicyclic) bond motifs is 1. The van der Waals surface area contributed by atoms with Crippen molar-refractivity contribution in [2.24, 2.45) is 0 Å². The van der Waals surface area contributed by atoms with Crippen molar-refractivity contribution in [2.45, 2.75) is 19.8 Å². The highest BCUT2D eigenvalue weighted by atomic mass is 32.1. The number of rotatable bonds is 2. The fraction of sp³-hybridized carbons (Fsp3) is 0.214. The molecule has 0 saturated carbocycles.